The SMILES string of the molecule is COc1cccc2[nH]c(C(=O)N3CCc4cc(F)ccc4C3(C(C)C)C(C)C)cc12. The third-order valence-corrected chi connectivity index (χ3v) is 6.63. The second kappa shape index (κ2) is 7.46. The highest BCUT2D eigenvalue weighted by Gasteiger charge is 2.49. The number of amides is 1. The third-order valence-electron chi connectivity index (χ3n) is 6.63. The molecule has 4 nitrogen and oxygen atoms in total. The summed E-state index contributed by atoms with van der Waals surface area (Å²) in [4.78, 5) is 19.1. The molecule has 1 N–H and O–H groups in total. The van der Waals surface area contributed by atoms with E-state index in [0.717, 1.165) is 27.8 Å². The normalized spacial score (nSPS) is 15.7. The van der Waals surface area contributed by atoms with Crippen LogP contribution in [0.5, 0.6) is 5.75 Å². The molecule has 2 aromatic carbocycles. The van der Waals surface area contributed by atoms with Crippen molar-refractivity contribution in [3.63, 3.8) is 0 Å². The summed E-state index contributed by atoms with van der Waals surface area (Å²) < 4.78 is 19.4. The number of rotatable bonds is 4. The Morgan fingerprint density at radius 2 is 1.87 bits per heavy atom. The van der Waals surface area contributed by atoms with Gasteiger partial charge in [-0.3, -0.25) is 4.79 Å². The lowest BCUT2D eigenvalue weighted by Crippen LogP contribution is -2.59. The molecule has 1 aliphatic rings. The van der Waals surface area contributed by atoms with Gasteiger partial charge < -0.3 is 14.6 Å². The minimum atomic E-state index is -0.514. The minimum absolute atomic E-state index is 0.0365. The molecule has 0 unspecified atom stereocenters. The molecule has 158 valence electrons. The number of nitrogens with zero attached hydrogens (tertiary/aromatic N) is 1. The Kier molecular flexibility index (Phi) is 5.08. The van der Waals surface area contributed by atoms with Crippen molar-refractivity contribution in [3.05, 3.63) is 65.1 Å². The quantitative estimate of drug-likeness (QED) is 0.618. The second-order valence-corrected chi connectivity index (χ2v) is 8.75. The number of halogens is 1. The van der Waals surface area contributed by atoms with Crippen molar-refractivity contribution in [2.24, 2.45) is 11.8 Å². The maximum Gasteiger partial charge on any atom is 0.271 e. The number of nitrogens with one attached hydrogen (secondary N) is 1. The smallest absolute Gasteiger partial charge is 0.271 e. The first-order chi connectivity index (χ1) is 14.3. The van der Waals surface area contributed by atoms with Gasteiger partial charge in [-0.25, -0.2) is 4.39 Å². The van der Waals surface area contributed by atoms with Gasteiger partial charge in [0.2, 0.25) is 0 Å². The fraction of sp³-hybridized carbons (Fsp3) is 0.400. The summed E-state index contributed by atoms with van der Waals surface area (Å²) in [5, 5.41) is 0.891. The van der Waals surface area contributed by atoms with Crippen molar-refractivity contribution in [3.8, 4) is 5.75 Å². The molecule has 5 heteroatoms. The van der Waals surface area contributed by atoms with Crippen molar-refractivity contribution in [1.82, 2.24) is 9.88 Å². The van der Waals surface area contributed by atoms with Crippen molar-refractivity contribution in [2.45, 2.75) is 39.7 Å². The van der Waals surface area contributed by atoms with Gasteiger partial charge in [0.25, 0.3) is 5.91 Å². The first kappa shape index (κ1) is 20.5. The Morgan fingerprint density at radius 1 is 1.13 bits per heavy atom. The van der Waals surface area contributed by atoms with Gasteiger partial charge in [-0.2, -0.15) is 0 Å². The highest BCUT2D eigenvalue weighted by molar-refractivity contribution is 6.00. The molecular formula is C25H29FN2O2. The second-order valence-electron chi connectivity index (χ2n) is 8.75. The highest BCUT2D eigenvalue weighted by Crippen LogP contribution is 2.47. The average molecular weight is 409 g/mol. The van der Waals surface area contributed by atoms with Gasteiger partial charge in [0.1, 0.15) is 17.3 Å². The molecule has 1 amide bonds. The first-order valence-corrected chi connectivity index (χ1v) is 10.6. The van der Waals surface area contributed by atoms with E-state index in [-0.39, 0.29) is 23.6 Å². The summed E-state index contributed by atoms with van der Waals surface area (Å²) in [6.45, 7) is 9.14. The topological polar surface area (TPSA) is 45.3 Å². The summed E-state index contributed by atoms with van der Waals surface area (Å²) in [6, 6.07) is 12.6. The van der Waals surface area contributed by atoms with E-state index in [0.29, 0.717) is 18.7 Å². The fourth-order valence-corrected chi connectivity index (χ4v) is 5.47. The summed E-state index contributed by atoms with van der Waals surface area (Å²) in [7, 11) is 1.63. The summed E-state index contributed by atoms with van der Waals surface area (Å²) >= 11 is 0. The third kappa shape index (κ3) is 2.91. The Bertz CT molecular complexity index is 1090. The number of benzene rings is 2. The number of ether oxygens (including phenoxy) is 1. The predicted octanol–water partition coefficient (Wildman–Crippen LogP) is 5.52. The van der Waals surface area contributed by atoms with E-state index in [1.807, 2.05) is 35.2 Å². The lowest BCUT2D eigenvalue weighted by molar-refractivity contribution is -0.00266. The van der Waals surface area contributed by atoms with Crippen LogP contribution in [0, 0.1) is 17.7 Å². The van der Waals surface area contributed by atoms with Crippen molar-refractivity contribution in [2.75, 3.05) is 13.7 Å². The number of fused-ring (bicyclic) bond motifs is 2. The number of carbonyl (C=O) groups excluding carboxylic acids is 1. The van der Waals surface area contributed by atoms with Gasteiger partial charge in [-0.1, -0.05) is 39.8 Å². The molecule has 0 aliphatic carbocycles. The lowest BCUT2D eigenvalue weighted by atomic mass is 9.67. The van der Waals surface area contributed by atoms with Crippen LogP contribution in [0.25, 0.3) is 10.9 Å². The standard InChI is InChI=1S/C25H29FN2O2/c1-15(2)25(16(3)4)20-10-9-18(26)13-17(20)11-12-28(25)24(29)22-14-19-21(27-22)7-6-8-23(19)30-5/h6-10,13-16,27H,11-12H2,1-5H3. The van der Waals surface area contributed by atoms with E-state index in [2.05, 4.69) is 32.7 Å². The number of aromatic nitrogens is 1. The number of hydrogen-bond donors (Lipinski definition) is 1. The molecule has 0 saturated carbocycles. The zero-order valence-corrected chi connectivity index (χ0v) is 18.3. The van der Waals surface area contributed by atoms with E-state index < -0.39 is 5.54 Å². The zero-order valence-electron chi connectivity index (χ0n) is 18.3. The largest absolute Gasteiger partial charge is 0.496 e. The molecule has 0 spiro atoms. The number of aromatic amines is 1. The van der Waals surface area contributed by atoms with Crippen LogP contribution in [0.1, 0.15) is 49.3 Å². The average Bonchev–Trinajstić information content (AvgIpc) is 3.16. The number of H-pyrrole nitrogens is 1. The summed E-state index contributed by atoms with van der Waals surface area (Å²) in [5.41, 5.74) is 2.96. The Hall–Kier alpha value is -2.82. The van der Waals surface area contributed by atoms with Crippen LogP contribution < -0.4 is 4.74 Å². The van der Waals surface area contributed by atoms with Crippen LogP contribution in [0.15, 0.2) is 42.5 Å². The van der Waals surface area contributed by atoms with E-state index >= 15 is 0 Å². The Morgan fingerprint density at radius 3 is 2.53 bits per heavy atom. The molecular weight excluding hydrogens is 379 g/mol. The molecule has 1 aliphatic heterocycles. The van der Waals surface area contributed by atoms with Crippen LogP contribution in [0.4, 0.5) is 4.39 Å². The van der Waals surface area contributed by atoms with Gasteiger partial charge >= 0.3 is 0 Å². The van der Waals surface area contributed by atoms with Crippen LogP contribution in [-0.2, 0) is 12.0 Å². The zero-order chi connectivity index (χ0) is 21.6. The summed E-state index contributed by atoms with van der Waals surface area (Å²) in [5.74, 6) is 0.791. The van der Waals surface area contributed by atoms with Crippen LogP contribution in [0.2, 0.25) is 0 Å². The van der Waals surface area contributed by atoms with Crippen LogP contribution in [0.3, 0.4) is 0 Å². The molecule has 3 aromatic rings. The van der Waals surface area contributed by atoms with Crippen LogP contribution in [-0.4, -0.2) is 29.4 Å². The van der Waals surface area contributed by atoms with Crippen molar-refractivity contribution >= 4 is 16.8 Å². The van der Waals surface area contributed by atoms with E-state index in [9.17, 15) is 9.18 Å². The molecule has 0 bridgehead atoms. The van der Waals surface area contributed by atoms with E-state index in [1.165, 1.54) is 6.07 Å². The first-order valence-electron chi connectivity index (χ1n) is 10.6. The molecule has 0 saturated heterocycles. The maximum absolute atomic E-state index is 14.0. The van der Waals surface area contributed by atoms with Crippen LogP contribution >= 0.6 is 0 Å². The summed E-state index contributed by atoms with van der Waals surface area (Å²) in [6.07, 6.45) is 0.642. The van der Waals surface area contributed by atoms with E-state index in [4.69, 9.17) is 4.74 Å². The Balaban J connectivity index is 1.86. The van der Waals surface area contributed by atoms with Crippen molar-refractivity contribution in [1.29, 1.82) is 0 Å². The van der Waals surface area contributed by atoms with Gasteiger partial charge in [0.15, 0.2) is 0 Å². The number of methoxy groups -OCH3 is 1. The van der Waals surface area contributed by atoms with Gasteiger partial charge in [0, 0.05) is 17.4 Å². The molecule has 30 heavy (non-hydrogen) atoms. The lowest BCUT2D eigenvalue weighted by Gasteiger charge is -2.53. The Labute approximate surface area is 177 Å². The maximum atomic E-state index is 14.0. The van der Waals surface area contributed by atoms with Gasteiger partial charge in [-0.05, 0) is 59.7 Å². The van der Waals surface area contributed by atoms with Gasteiger partial charge in [0.05, 0.1) is 12.6 Å². The predicted molar refractivity (Wildman–Crippen MR) is 117 cm³/mol. The van der Waals surface area contributed by atoms with E-state index in [1.54, 1.807) is 13.2 Å². The molecule has 2 heterocycles. The molecule has 1 aromatic heterocycles. The fourth-order valence-electron chi connectivity index (χ4n) is 5.47. The minimum Gasteiger partial charge on any atom is -0.496 e. The molecule has 4 rings (SSSR count). The molecule has 0 fully saturated rings. The molecule has 0 radical (unpaired) electrons. The molecule has 0 atom stereocenters. The number of hydrogen-bond acceptors (Lipinski definition) is 2. The monoisotopic (exact) mass is 408 g/mol. The number of carbonyl (C=O) groups is 1. The van der Waals surface area contributed by atoms with Gasteiger partial charge in [-0.15, -0.1) is 0 Å². The van der Waals surface area contributed by atoms with Crippen molar-refractivity contribution < 1.29 is 13.9 Å². The highest BCUT2D eigenvalue weighted by atomic mass is 19.1.